The summed E-state index contributed by atoms with van der Waals surface area (Å²) in [4.78, 5) is 0. The molecule has 2 N–H and O–H groups in total. The van der Waals surface area contributed by atoms with E-state index in [0.29, 0.717) is 5.56 Å². The van der Waals surface area contributed by atoms with Gasteiger partial charge in [0.25, 0.3) is 6.43 Å². The van der Waals surface area contributed by atoms with Gasteiger partial charge in [-0.3, -0.25) is 0 Å². The number of benzene rings is 1. The van der Waals surface area contributed by atoms with Crippen molar-refractivity contribution in [1.29, 1.82) is 0 Å². The quantitative estimate of drug-likeness (QED) is 0.778. The van der Waals surface area contributed by atoms with Crippen molar-refractivity contribution in [2.24, 2.45) is 5.73 Å². The molecule has 0 saturated carbocycles. The van der Waals surface area contributed by atoms with Crippen molar-refractivity contribution < 1.29 is 8.78 Å². The molecule has 0 spiro atoms. The highest BCUT2D eigenvalue weighted by Gasteiger charge is 2.20. The Morgan fingerprint density at radius 2 is 1.86 bits per heavy atom. The van der Waals surface area contributed by atoms with Gasteiger partial charge in [0, 0.05) is 11.1 Å². The second kappa shape index (κ2) is 3.65. The molecule has 14 heavy (non-hydrogen) atoms. The number of nitrogens with two attached hydrogens (primary N) is 1. The van der Waals surface area contributed by atoms with Crippen LogP contribution in [0.15, 0.2) is 18.2 Å². The van der Waals surface area contributed by atoms with Gasteiger partial charge in [-0.05, 0) is 31.9 Å². The second-order valence-electron chi connectivity index (χ2n) is 4.04. The van der Waals surface area contributed by atoms with Gasteiger partial charge in [0.15, 0.2) is 0 Å². The minimum atomic E-state index is -2.43. The highest BCUT2D eigenvalue weighted by Crippen LogP contribution is 2.29. The standard InChI is InChI=1S/C11H15F2N/c1-7-8(10(12)13)5-4-6-9(7)11(2,3)14/h4-6,10H,14H2,1-3H3. The van der Waals surface area contributed by atoms with Crippen LogP contribution in [0.4, 0.5) is 8.78 Å². The molecule has 1 aromatic carbocycles. The van der Waals surface area contributed by atoms with Crippen molar-refractivity contribution in [2.75, 3.05) is 0 Å². The average Bonchev–Trinajstić information content (AvgIpc) is 2.01. The lowest BCUT2D eigenvalue weighted by Gasteiger charge is -2.23. The molecule has 1 aromatic rings. The maximum absolute atomic E-state index is 12.6. The van der Waals surface area contributed by atoms with Gasteiger partial charge in [-0.15, -0.1) is 0 Å². The second-order valence-corrected chi connectivity index (χ2v) is 4.04. The molecule has 0 saturated heterocycles. The third-order valence-electron chi connectivity index (χ3n) is 2.30. The van der Waals surface area contributed by atoms with Crippen LogP contribution in [0.1, 0.15) is 37.0 Å². The minimum absolute atomic E-state index is 0.0704. The van der Waals surface area contributed by atoms with Gasteiger partial charge >= 0.3 is 0 Å². The number of halogens is 2. The third-order valence-corrected chi connectivity index (χ3v) is 2.30. The number of hydrogen-bond donors (Lipinski definition) is 1. The van der Waals surface area contributed by atoms with E-state index in [2.05, 4.69) is 0 Å². The summed E-state index contributed by atoms with van der Waals surface area (Å²) in [5.74, 6) is 0. The van der Waals surface area contributed by atoms with Crippen LogP contribution in [0.2, 0.25) is 0 Å². The molecule has 0 aliphatic rings. The lowest BCUT2D eigenvalue weighted by atomic mass is 9.89. The largest absolute Gasteiger partial charge is 0.322 e. The Balaban J connectivity index is 3.28. The van der Waals surface area contributed by atoms with Gasteiger partial charge in [-0.2, -0.15) is 0 Å². The molecule has 0 fully saturated rings. The molecule has 1 nitrogen and oxygen atoms in total. The first-order valence-electron chi connectivity index (χ1n) is 4.51. The molecule has 0 unspecified atom stereocenters. The van der Waals surface area contributed by atoms with E-state index in [4.69, 9.17) is 5.73 Å². The molecule has 0 amide bonds. The zero-order valence-corrected chi connectivity index (χ0v) is 8.64. The highest BCUT2D eigenvalue weighted by atomic mass is 19.3. The summed E-state index contributed by atoms with van der Waals surface area (Å²) in [6, 6.07) is 4.86. The lowest BCUT2D eigenvalue weighted by Crippen LogP contribution is -2.29. The number of alkyl halides is 2. The first kappa shape index (κ1) is 11.1. The lowest BCUT2D eigenvalue weighted by molar-refractivity contribution is 0.150. The van der Waals surface area contributed by atoms with Crippen LogP contribution in [0.25, 0.3) is 0 Å². The van der Waals surface area contributed by atoms with Crippen LogP contribution in [-0.2, 0) is 5.54 Å². The molecule has 0 bridgehead atoms. The van der Waals surface area contributed by atoms with Crippen LogP contribution >= 0.6 is 0 Å². The Kier molecular flexibility index (Phi) is 2.90. The first-order valence-corrected chi connectivity index (χ1v) is 4.51. The summed E-state index contributed by atoms with van der Waals surface area (Å²) < 4.78 is 25.1. The van der Waals surface area contributed by atoms with Crippen molar-refractivity contribution in [3.05, 3.63) is 34.9 Å². The van der Waals surface area contributed by atoms with Gasteiger partial charge in [0.1, 0.15) is 0 Å². The fourth-order valence-electron chi connectivity index (χ4n) is 1.59. The molecule has 78 valence electrons. The van der Waals surface area contributed by atoms with Crippen molar-refractivity contribution in [3.63, 3.8) is 0 Å². The van der Waals surface area contributed by atoms with Gasteiger partial charge in [0.2, 0.25) is 0 Å². The summed E-state index contributed by atoms with van der Waals surface area (Å²) in [6.07, 6.45) is -2.43. The van der Waals surface area contributed by atoms with E-state index >= 15 is 0 Å². The van der Waals surface area contributed by atoms with Gasteiger partial charge in [-0.25, -0.2) is 8.78 Å². The Morgan fingerprint density at radius 1 is 1.29 bits per heavy atom. The fraction of sp³-hybridized carbons (Fsp3) is 0.455. The summed E-state index contributed by atoms with van der Waals surface area (Å²) in [7, 11) is 0. The Bertz CT molecular complexity index is 327. The molecule has 0 aromatic heterocycles. The molecule has 0 aliphatic heterocycles. The fourth-order valence-corrected chi connectivity index (χ4v) is 1.59. The van der Waals surface area contributed by atoms with Crippen molar-refractivity contribution in [1.82, 2.24) is 0 Å². The normalized spacial score (nSPS) is 12.2. The van der Waals surface area contributed by atoms with Crippen molar-refractivity contribution >= 4 is 0 Å². The van der Waals surface area contributed by atoms with Gasteiger partial charge in [-0.1, -0.05) is 18.2 Å². The van der Waals surface area contributed by atoms with Gasteiger partial charge in [0.05, 0.1) is 0 Å². The predicted octanol–water partition coefficient (Wildman–Crippen LogP) is 3.13. The van der Waals surface area contributed by atoms with Crippen LogP contribution in [0.3, 0.4) is 0 Å². The van der Waals surface area contributed by atoms with Crippen LogP contribution in [0.5, 0.6) is 0 Å². The minimum Gasteiger partial charge on any atom is -0.322 e. The summed E-state index contributed by atoms with van der Waals surface area (Å²) in [5, 5.41) is 0. The van der Waals surface area contributed by atoms with Crippen LogP contribution in [-0.4, -0.2) is 0 Å². The van der Waals surface area contributed by atoms with E-state index in [0.717, 1.165) is 5.56 Å². The zero-order chi connectivity index (χ0) is 10.9. The van der Waals surface area contributed by atoms with E-state index in [-0.39, 0.29) is 5.56 Å². The Labute approximate surface area is 82.9 Å². The topological polar surface area (TPSA) is 26.0 Å². The van der Waals surface area contributed by atoms with Crippen LogP contribution < -0.4 is 5.73 Å². The van der Waals surface area contributed by atoms with Gasteiger partial charge < -0.3 is 5.73 Å². The number of rotatable bonds is 2. The van der Waals surface area contributed by atoms with E-state index < -0.39 is 12.0 Å². The van der Waals surface area contributed by atoms with E-state index in [9.17, 15) is 8.78 Å². The highest BCUT2D eigenvalue weighted by molar-refractivity contribution is 5.38. The molecule has 0 atom stereocenters. The molecule has 0 aliphatic carbocycles. The predicted molar refractivity (Wildman–Crippen MR) is 53.3 cm³/mol. The zero-order valence-electron chi connectivity index (χ0n) is 8.64. The van der Waals surface area contributed by atoms with Crippen molar-refractivity contribution in [2.45, 2.75) is 32.7 Å². The summed E-state index contributed by atoms with van der Waals surface area (Å²) in [6.45, 7) is 5.31. The summed E-state index contributed by atoms with van der Waals surface area (Å²) >= 11 is 0. The number of hydrogen-bond acceptors (Lipinski definition) is 1. The van der Waals surface area contributed by atoms with Crippen LogP contribution in [0, 0.1) is 6.92 Å². The molecule has 0 heterocycles. The van der Waals surface area contributed by atoms with E-state index in [1.54, 1.807) is 19.1 Å². The van der Waals surface area contributed by atoms with Crippen molar-refractivity contribution in [3.8, 4) is 0 Å². The Hall–Kier alpha value is -0.960. The first-order chi connectivity index (χ1) is 6.34. The average molecular weight is 199 g/mol. The molecular formula is C11H15F2N. The maximum atomic E-state index is 12.6. The third kappa shape index (κ3) is 2.10. The summed E-state index contributed by atoms with van der Waals surface area (Å²) in [5.41, 5.74) is 6.74. The SMILES string of the molecule is Cc1c(C(F)F)cccc1C(C)(C)N. The molecule has 3 heteroatoms. The van der Waals surface area contributed by atoms with E-state index in [1.807, 2.05) is 13.8 Å². The smallest absolute Gasteiger partial charge is 0.264 e. The Morgan fingerprint density at radius 3 is 2.29 bits per heavy atom. The molecular weight excluding hydrogens is 184 g/mol. The van der Waals surface area contributed by atoms with E-state index in [1.165, 1.54) is 6.07 Å². The molecule has 0 radical (unpaired) electrons. The molecule has 1 rings (SSSR count). The maximum Gasteiger partial charge on any atom is 0.264 e. The monoisotopic (exact) mass is 199 g/mol.